The zero-order valence-corrected chi connectivity index (χ0v) is 10.3. The molecule has 0 aliphatic heterocycles. The summed E-state index contributed by atoms with van der Waals surface area (Å²) in [4.78, 5) is 12.3. The highest BCUT2D eigenvalue weighted by molar-refractivity contribution is 6.12. The van der Waals surface area contributed by atoms with Crippen molar-refractivity contribution in [3.05, 3.63) is 59.2 Å². The molecule has 1 N–H and O–H groups in total. The molecule has 0 fully saturated rings. The van der Waals surface area contributed by atoms with Crippen LogP contribution in [0.2, 0.25) is 0 Å². The van der Waals surface area contributed by atoms with Crippen molar-refractivity contribution in [2.75, 3.05) is 7.11 Å². The van der Waals surface area contributed by atoms with Crippen LogP contribution < -0.4 is 4.74 Å². The fourth-order valence-electron chi connectivity index (χ4n) is 1.81. The predicted molar refractivity (Wildman–Crippen MR) is 69.3 cm³/mol. The van der Waals surface area contributed by atoms with E-state index in [0.29, 0.717) is 11.3 Å². The third-order valence-electron chi connectivity index (χ3n) is 2.75. The Hall–Kier alpha value is -2.29. The zero-order chi connectivity index (χ0) is 13.1. The Morgan fingerprint density at radius 3 is 2.50 bits per heavy atom. The van der Waals surface area contributed by atoms with Gasteiger partial charge in [0.25, 0.3) is 0 Å². The number of methoxy groups -OCH3 is 1. The molecule has 0 spiro atoms. The van der Waals surface area contributed by atoms with Gasteiger partial charge < -0.3 is 9.84 Å². The molecule has 2 rings (SSSR count). The molecule has 0 atom stereocenters. The number of hydrogen-bond donors (Lipinski definition) is 1. The summed E-state index contributed by atoms with van der Waals surface area (Å²) in [5.41, 5.74) is 1.63. The van der Waals surface area contributed by atoms with Crippen molar-refractivity contribution >= 4 is 5.78 Å². The van der Waals surface area contributed by atoms with E-state index in [1.165, 1.54) is 7.11 Å². The van der Waals surface area contributed by atoms with Crippen LogP contribution in [-0.2, 0) is 0 Å². The fraction of sp³-hybridized carbons (Fsp3) is 0.133. The highest BCUT2D eigenvalue weighted by atomic mass is 16.5. The Labute approximate surface area is 106 Å². The summed E-state index contributed by atoms with van der Waals surface area (Å²) < 4.78 is 5.15. The number of para-hydroxylation sites is 1. The highest BCUT2D eigenvalue weighted by Gasteiger charge is 2.16. The first-order valence-corrected chi connectivity index (χ1v) is 5.61. The van der Waals surface area contributed by atoms with Gasteiger partial charge in [0.1, 0.15) is 11.5 Å². The van der Waals surface area contributed by atoms with E-state index in [9.17, 15) is 9.90 Å². The molecule has 18 heavy (non-hydrogen) atoms. The van der Waals surface area contributed by atoms with Crippen LogP contribution in [0.25, 0.3) is 0 Å². The number of phenolic OH excluding ortho intramolecular Hbond substituents is 1. The average Bonchev–Trinajstić information content (AvgIpc) is 2.38. The first-order chi connectivity index (χ1) is 8.63. The Morgan fingerprint density at radius 2 is 1.83 bits per heavy atom. The Balaban J connectivity index is 2.48. The normalized spacial score (nSPS) is 10.1. The van der Waals surface area contributed by atoms with Gasteiger partial charge in [0.05, 0.1) is 18.2 Å². The molecule has 0 heterocycles. The molecule has 0 amide bonds. The molecular weight excluding hydrogens is 228 g/mol. The topological polar surface area (TPSA) is 46.5 Å². The van der Waals surface area contributed by atoms with E-state index in [0.717, 1.165) is 5.56 Å². The number of ketones is 1. The number of benzene rings is 2. The summed E-state index contributed by atoms with van der Waals surface area (Å²) in [5, 5.41) is 9.83. The second-order valence-electron chi connectivity index (χ2n) is 4.05. The van der Waals surface area contributed by atoms with Gasteiger partial charge in [-0.25, -0.2) is 0 Å². The van der Waals surface area contributed by atoms with Gasteiger partial charge in [-0.2, -0.15) is 0 Å². The minimum atomic E-state index is -0.245. The number of phenols is 1. The third kappa shape index (κ3) is 2.20. The van der Waals surface area contributed by atoms with E-state index in [1.807, 2.05) is 6.92 Å². The average molecular weight is 242 g/mol. The molecule has 0 saturated carbocycles. The molecule has 2 aromatic carbocycles. The van der Waals surface area contributed by atoms with Crippen molar-refractivity contribution < 1.29 is 14.6 Å². The molecule has 0 radical (unpaired) electrons. The Kier molecular flexibility index (Phi) is 3.33. The molecule has 2 aromatic rings. The smallest absolute Gasteiger partial charge is 0.200 e. The van der Waals surface area contributed by atoms with Gasteiger partial charge in [-0.3, -0.25) is 4.79 Å². The first kappa shape index (κ1) is 12.2. The lowest BCUT2D eigenvalue weighted by atomic mass is 10.0. The first-order valence-electron chi connectivity index (χ1n) is 5.61. The number of rotatable bonds is 3. The van der Waals surface area contributed by atoms with Crippen LogP contribution in [-0.4, -0.2) is 18.0 Å². The number of carbonyl (C=O) groups is 1. The van der Waals surface area contributed by atoms with Crippen molar-refractivity contribution in [1.29, 1.82) is 0 Å². The van der Waals surface area contributed by atoms with Gasteiger partial charge in [0, 0.05) is 0 Å². The van der Waals surface area contributed by atoms with Crippen molar-refractivity contribution in [3.63, 3.8) is 0 Å². The van der Waals surface area contributed by atoms with E-state index in [-0.39, 0.29) is 17.1 Å². The van der Waals surface area contributed by atoms with E-state index in [4.69, 9.17) is 4.74 Å². The lowest BCUT2D eigenvalue weighted by Crippen LogP contribution is -2.04. The van der Waals surface area contributed by atoms with Crippen LogP contribution in [0.15, 0.2) is 42.5 Å². The molecule has 0 saturated heterocycles. The number of aromatic hydroxyl groups is 1. The van der Waals surface area contributed by atoms with Crippen molar-refractivity contribution in [2.45, 2.75) is 6.92 Å². The van der Waals surface area contributed by atoms with Gasteiger partial charge in [0.15, 0.2) is 5.78 Å². The summed E-state index contributed by atoms with van der Waals surface area (Å²) in [5.74, 6) is 0.248. The minimum Gasteiger partial charge on any atom is -0.507 e. The van der Waals surface area contributed by atoms with Crippen LogP contribution >= 0.6 is 0 Å². The van der Waals surface area contributed by atoms with Crippen molar-refractivity contribution in [2.24, 2.45) is 0 Å². The van der Waals surface area contributed by atoms with Gasteiger partial charge in [0.2, 0.25) is 0 Å². The monoisotopic (exact) mass is 242 g/mol. The maximum absolute atomic E-state index is 12.3. The molecule has 0 unspecified atom stereocenters. The molecule has 92 valence electrons. The summed E-state index contributed by atoms with van der Waals surface area (Å²) in [7, 11) is 1.51. The molecule has 0 bridgehead atoms. The van der Waals surface area contributed by atoms with E-state index < -0.39 is 0 Å². The lowest BCUT2D eigenvalue weighted by Gasteiger charge is -2.08. The lowest BCUT2D eigenvalue weighted by molar-refractivity contribution is 0.103. The molecule has 0 aromatic heterocycles. The molecular formula is C15H14O3. The SMILES string of the molecule is COc1ccccc1C(=O)c1ccc(C)cc1O. The summed E-state index contributed by atoms with van der Waals surface area (Å²) >= 11 is 0. The van der Waals surface area contributed by atoms with E-state index in [2.05, 4.69) is 0 Å². The second kappa shape index (κ2) is 4.92. The predicted octanol–water partition coefficient (Wildman–Crippen LogP) is 2.94. The second-order valence-corrected chi connectivity index (χ2v) is 4.05. The Morgan fingerprint density at radius 1 is 1.11 bits per heavy atom. The molecule has 0 aliphatic rings. The van der Waals surface area contributed by atoms with Gasteiger partial charge in [-0.1, -0.05) is 18.2 Å². The number of ether oxygens (including phenoxy) is 1. The molecule has 0 aliphatic carbocycles. The number of carbonyl (C=O) groups excluding carboxylic acids is 1. The largest absolute Gasteiger partial charge is 0.507 e. The maximum Gasteiger partial charge on any atom is 0.200 e. The summed E-state index contributed by atoms with van der Waals surface area (Å²) in [6.45, 7) is 1.86. The van der Waals surface area contributed by atoms with E-state index >= 15 is 0 Å². The van der Waals surface area contributed by atoms with Crippen molar-refractivity contribution in [1.82, 2.24) is 0 Å². The van der Waals surface area contributed by atoms with Gasteiger partial charge in [-0.05, 0) is 36.8 Å². The van der Waals surface area contributed by atoms with Crippen LogP contribution in [0.3, 0.4) is 0 Å². The van der Waals surface area contributed by atoms with Crippen LogP contribution in [0.1, 0.15) is 21.5 Å². The van der Waals surface area contributed by atoms with Crippen molar-refractivity contribution in [3.8, 4) is 11.5 Å². The zero-order valence-electron chi connectivity index (χ0n) is 10.3. The van der Waals surface area contributed by atoms with Crippen LogP contribution in [0.4, 0.5) is 0 Å². The number of aryl methyl sites for hydroxylation is 1. The molecule has 3 nitrogen and oxygen atoms in total. The van der Waals surface area contributed by atoms with E-state index in [1.54, 1.807) is 42.5 Å². The van der Waals surface area contributed by atoms with Gasteiger partial charge in [-0.15, -0.1) is 0 Å². The van der Waals surface area contributed by atoms with Gasteiger partial charge >= 0.3 is 0 Å². The van der Waals surface area contributed by atoms with Crippen LogP contribution in [0.5, 0.6) is 11.5 Å². The summed E-state index contributed by atoms with van der Waals surface area (Å²) in [6.07, 6.45) is 0. The summed E-state index contributed by atoms with van der Waals surface area (Å²) in [6, 6.07) is 12.0. The Bertz CT molecular complexity index is 588. The third-order valence-corrected chi connectivity index (χ3v) is 2.75. The standard InChI is InChI=1S/C15H14O3/c1-10-7-8-11(13(16)9-10)15(17)12-5-3-4-6-14(12)18-2/h3-9,16H,1-2H3. The number of hydrogen-bond acceptors (Lipinski definition) is 3. The minimum absolute atomic E-state index is 0.00842. The molecule has 3 heteroatoms. The fourth-order valence-corrected chi connectivity index (χ4v) is 1.81. The maximum atomic E-state index is 12.3. The quantitative estimate of drug-likeness (QED) is 0.842. The van der Waals surface area contributed by atoms with Crippen LogP contribution in [0, 0.1) is 6.92 Å². The highest BCUT2D eigenvalue weighted by Crippen LogP contribution is 2.26.